The average Bonchev–Trinajstić information content (AvgIpc) is 3.21. The zero-order valence-electron chi connectivity index (χ0n) is 17.9. The molecule has 0 unspecified atom stereocenters. The lowest BCUT2D eigenvalue weighted by Crippen LogP contribution is -2.64. The van der Waals surface area contributed by atoms with Gasteiger partial charge in [0.2, 0.25) is 0 Å². The van der Waals surface area contributed by atoms with Gasteiger partial charge in [0, 0.05) is 11.8 Å². The molecule has 1 N–H and O–H groups in total. The van der Waals surface area contributed by atoms with E-state index in [4.69, 9.17) is 9.47 Å². The molecule has 5 rings (SSSR count). The molecule has 4 fully saturated rings. The van der Waals surface area contributed by atoms with Crippen LogP contribution < -0.4 is 0 Å². The lowest BCUT2D eigenvalue weighted by Gasteiger charge is -2.61. The third kappa shape index (κ3) is 2.20. The molecule has 4 aliphatic carbocycles. The minimum atomic E-state index is -0.922. The number of fused-ring (bicyclic) bond motifs is 5. The van der Waals surface area contributed by atoms with E-state index in [1.54, 1.807) is 0 Å². The van der Waals surface area contributed by atoms with Crippen LogP contribution in [0.15, 0.2) is 11.6 Å². The quantitative estimate of drug-likeness (QED) is 0.729. The van der Waals surface area contributed by atoms with E-state index in [1.807, 2.05) is 13.0 Å². The number of ketones is 1. The van der Waals surface area contributed by atoms with Gasteiger partial charge in [0.05, 0.1) is 13.2 Å². The standard InChI is InChI=1S/C24H36O4/c1-15-13-17-18(21(2)8-5-16(25)14-20(15)21)6-9-22(3)19(17)7-10-24(22,26)23(4)27-11-12-28-23/h14-15,17-19,26H,5-13H2,1-4H3/t15-,17+,18-,19-,21+,22-,24+/m0/s1. The molecule has 5 aliphatic rings. The van der Waals surface area contributed by atoms with Crippen molar-refractivity contribution in [2.75, 3.05) is 13.2 Å². The fourth-order valence-corrected chi connectivity index (χ4v) is 8.50. The number of allylic oxidation sites excluding steroid dienone is 1. The fourth-order valence-electron chi connectivity index (χ4n) is 8.50. The van der Waals surface area contributed by atoms with Gasteiger partial charge in [-0.05, 0) is 80.6 Å². The van der Waals surface area contributed by atoms with E-state index in [0.717, 1.165) is 38.5 Å². The first-order valence-electron chi connectivity index (χ1n) is 11.4. The Morgan fingerprint density at radius 1 is 1.04 bits per heavy atom. The first kappa shape index (κ1) is 19.3. The molecule has 3 saturated carbocycles. The van der Waals surface area contributed by atoms with Gasteiger partial charge in [-0.3, -0.25) is 4.79 Å². The second-order valence-electron chi connectivity index (χ2n) is 11.0. The van der Waals surface area contributed by atoms with E-state index in [9.17, 15) is 9.90 Å². The molecule has 0 amide bonds. The highest BCUT2D eigenvalue weighted by atomic mass is 16.7. The lowest BCUT2D eigenvalue weighted by atomic mass is 9.44. The smallest absolute Gasteiger partial charge is 0.195 e. The number of rotatable bonds is 1. The molecule has 4 nitrogen and oxygen atoms in total. The Balaban J connectivity index is 1.52. The maximum absolute atomic E-state index is 12.1. The predicted molar refractivity (Wildman–Crippen MR) is 107 cm³/mol. The molecule has 156 valence electrons. The molecule has 1 aliphatic heterocycles. The summed E-state index contributed by atoms with van der Waals surface area (Å²) in [6.07, 6.45) is 8.80. The van der Waals surface area contributed by atoms with Crippen LogP contribution in [0.25, 0.3) is 0 Å². The van der Waals surface area contributed by atoms with Gasteiger partial charge >= 0.3 is 0 Å². The zero-order chi connectivity index (χ0) is 19.9. The molecule has 28 heavy (non-hydrogen) atoms. The van der Waals surface area contributed by atoms with Crippen molar-refractivity contribution < 1.29 is 19.4 Å². The van der Waals surface area contributed by atoms with E-state index in [2.05, 4.69) is 20.8 Å². The summed E-state index contributed by atoms with van der Waals surface area (Å²) in [5.74, 6) is 1.64. The zero-order valence-corrected chi connectivity index (χ0v) is 17.9. The third-order valence-electron chi connectivity index (χ3n) is 10.0. The number of hydrogen-bond acceptors (Lipinski definition) is 4. The Bertz CT molecular complexity index is 722. The van der Waals surface area contributed by atoms with Crippen LogP contribution in [0.5, 0.6) is 0 Å². The predicted octanol–water partition coefficient (Wildman–Crippen LogP) is 4.26. The Labute approximate surface area is 169 Å². The second-order valence-corrected chi connectivity index (χ2v) is 11.0. The molecule has 0 bridgehead atoms. The summed E-state index contributed by atoms with van der Waals surface area (Å²) in [6, 6.07) is 0. The summed E-state index contributed by atoms with van der Waals surface area (Å²) < 4.78 is 12.0. The van der Waals surface area contributed by atoms with Crippen molar-refractivity contribution in [2.24, 2.45) is 34.5 Å². The van der Waals surface area contributed by atoms with Gasteiger partial charge < -0.3 is 14.6 Å². The van der Waals surface area contributed by atoms with Crippen LogP contribution in [0, 0.1) is 34.5 Å². The van der Waals surface area contributed by atoms with Gasteiger partial charge in [-0.15, -0.1) is 0 Å². The van der Waals surface area contributed by atoms with E-state index in [1.165, 1.54) is 5.57 Å². The van der Waals surface area contributed by atoms with Gasteiger partial charge in [0.1, 0.15) is 5.60 Å². The first-order chi connectivity index (χ1) is 13.1. The van der Waals surface area contributed by atoms with E-state index < -0.39 is 11.4 Å². The molecule has 7 atom stereocenters. The van der Waals surface area contributed by atoms with Crippen LogP contribution in [0.1, 0.15) is 72.6 Å². The van der Waals surface area contributed by atoms with Crippen molar-refractivity contribution in [1.82, 2.24) is 0 Å². The van der Waals surface area contributed by atoms with Crippen molar-refractivity contribution in [2.45, 2.75) is 84.0 Å². The molecule has 1 heterocycles. The van der Waals surface area contributed by atoms with Crippen molar-refractivity contribution in [1.29, 1.82) is 0 Å². The monoisotopic (exact) mass is 388 g/mol. The molecule has 0 radical (unpaired) electrons. The summed E-state index contributed by atoms with van der Waals surface area (Å²) >= 11 is 0. The number of hydrogen-bond donors (Lipinski definition) is 1. The highest BCUT2D eigenvalue weighted by molar-refractivity contribution is 5.91. The lowest BCUT2D eigenvalue weighted by molar-refractivity contribution is -0.299. The minimum Gasteiger partial charge on any atom is -0.384 e. The Morgan fingerprint density at radius 2 is 1.71 bits per heavy atom. The average molecular weight is 389 g/mol. The molecule has 4 heteroatoms. The normalized spacial score (nSPS) is 52.6. The SMILES string of the molecule is C[C@H]1C[C@@H]2[C@H](CC[C@@]3(C)[C@H]2CC[C@]3(O)C2(C)OCCO2)[C@@]2(C)CCC(=O)C=C12. The molecule has 0 aromatic heterocycles. The van der Waals surface area contributed by atoms with Crippen LogP contribution in [0.3, 0.4) is 0 Å². The van der Waals surface area contributed by atoms with Crippen LogP contribution in [-0.4, -0.2) is 35.5 Å². The number of aliphatic hydroxyl groups is 1. The van der Waals surface area contributed by atoms with E-state index >= 15 is 0 Å². The summed E-state index contributed by atoms with van der Waals surface area (Å²) in [6.45, 7) is 10.1. The molecular formula is C24H36O4. The molecule has 1 saturated heterocycles. The van der Waals surface area contributed by atoms with Gasteiger partial charge in [0.15, 0.2) is 11.6 Å². The number of carbonyl (C=O) groups excluding carboxylic acids is 1. The van der Waals surface area contributed by atoms with Crippen LogP contribution in [0.2, 0.25) is 0 Å². The Hall–Kier alpha value is -0.710. The summed E-state index contributed by atoms with van der Waals surface area (Å²) in [5, 5.41) is 12.0. The molecular weight excluding hydrogens is 352 g/mol. The van der Waals surface area contributed by atoms with Crippen LogP contribution >= 0.6 is 0 Å². The van der Waals surface area contributed by atoms with Gasteiger partial charge in [0.25, 0.3) is 0 Å². The number of ether oxygens (including phenoxy) is 2. The second kappa shape index (κ2) is 5.92. The molecule has 0 aromatic rings. The van der Waals surface area contributed by atoms with Gasteiger partial charge in [-0.25, -0.2) is 0 Å². The topological polar surface area (TPSA) is 55.8 Å². The first-order valence-corrected chi connectivity index (χ1v) is 11.4. The van der Waals surface area contributed by atoms with Gasteiger partial charge in [-0.2, -0.15) is 0 Å². The van der Waals surface area contributed by atoms with Crippen molar-refractivity contribution in [3.05, 3.63) is 11.6 Å². The minimum absolute atomic E-state index is 0.155. The van der Waals surface area contributed by atoms with Crippen molar-refractivity contribution >= 4 is 5.78 Å². The highest BCUT2D eigenvalue weighted by Crippen LogP contribution is 2.70. The van der Waals surface area contributed by atoms with Crippen molar-refractivity contribution in [3.8, 4) is 0 Å². The van der Waals surface area contributed by atoms with Crippen molar-refractivity contribution in [3.63, 3.8) is 0 Å². The summed E-state index contributed by atoms with van der Waals surface area (Å²) in [5.41, 5.74) is 0.475. The maximum Gasteiger partial charge on any atom is 0.195 e. The maximum atomic E-state index is 12.1. The largest absolute Gasteiger partial charge is 0.384 e. The van der Waals surface area contributed by atoms with Crippen LogP contribution in [-0.2, 0) is 14.3 Å². The molecule has 0 spiro atoms. The number of carbonyl (C=O) groups is 1. The third-order valence-corrected chi connectivity index (χ3v) is 10.0. The molecule has 0 aromatic carbocycles. The van der Waals surface area contributed by atoms with Gasteiger partial charge in [-0.1, -0.05) is 26.3 Å². The Morgan fingerprint density at radius 3 is 2.43 bits per heavy atom. The summed E-state index contributed by atoms with van der Waals surface area (Å²) in [4.78, 5) is 12.1. The highest BCUT2D eigenvalue weighted by Gasteiger charge is 2.70. The summed E-state index contributed by atoms with van der Waals surface area (Å²) in [7, 11) is 0. The fraction of sp³-hybridized carbons (Fsp3) is 0.875. The van der Waals surface area contributed by atoms with E-state index in [-0.39, 0.29) is 10.8 Å². The van der Waals surface area contributed by atoms with Crippen LogP contribution in [0.4, 0.5) is 0 Å². The van der Waals surface area contributed by atoms with E-state index in [0.29, 0.717) is 49.1 Å². The Kier molecular flexibility index (Phi) is 4.07.